The second-order valence-electron chi connectivity index (χ2n) is 8.23. The average Bonchev–Trinajstić information content (AvgIpc) is 3.19. The highest BCUT2D eigenvalue weighted by molar-refractivity contribution is 7.11. The van der Waals surface area contributed by atoms with Gasteiger partial charge in [-0.2, -0.15) is 31.6 Å². The second-order valence-corrected chi connectivity index (χ2v) is 9.60. The fraction of sp³-hybridized carbons (Fsp3) is 0.619. The van der Waals surface area contributed by atoms with Crippen LogP contribution in [0.25, 0.3) is 0 Å². The van der Waals surface area contributed by atoms with E-state index < -0.39 is 29.8 Å². The lowest BCUT2D eigenvalue weighted by atomic mass is 9.82. The van der Waals surface area contributed by atoms with Crippen LogP contribution in [0.3, 0.4) is 0 Å². The van der Waals surface area contributed by atoms with Crippen LogP contribution in [0.15, 0.2) is 12.1 Å². The van der Waals surface area contributed by atoms with Gasteiger partial charge in [0.2, 0.25) is 5.91 Å². The third-order valence-corrected chi connectivity index (χ3v) is 6.71. The average molecular weight is 561 g/mol. The minimum absolute atomic E-state index is 0.152. The lowest BCUT2D eigenvalue weighted by molar-refractivity contribution is -0.193. The van der Waals surface area contributed by atoms with Crippen LogP contribution >= 0.6 is 11.3 Å². The van der Waals surface area contributed by atoms with E-state index in [0.29, 0.717) is 6.54 Å². The van der Waals surface area contributed by atoms with E-state index in [0.717, 1.165) is 39.0 Å². The van der Waals surface area contributed by atoms with E-state index >= 15 is 0 Å². The van der Waals surface area contributed by atoms with Crippen LogP contribution < -0.4 is 0 Å². The number of carboxylic acid groups (broad SMARTS) is 2. The van der Waals surface area contributed by atoms with Crippen molar-refractivity contribution in [1.29, 1.82) is 5.26 Å². The van der Waals surface area contributed by atoms with Gasteiger partial charge in [-0.25, -0.2) is 9.59 Å². The molecule has 2 aliphatic heterocycles. The molecule has 208 valence electrons. The van der Waals surface area contributed by atoms with E-state index in [4.69, 9.17) is 25.1 Å². The first-order valence-electron chi connectivity index (χ1n) is 10.7. The van der Waals surface area contributed by atoms with Crippen LogP contribution in [0.2, 0.25) is 0 Å². The Hall–Kier alpha value is -2.90. The van der Waals surface area contributed by atoms with Crippen LogP contribution in [-0.4, -0.2) is 100 Å². The largest absolute Gasteiger partial charge is 0.490 e. The van der Waals surface area contributed by atoms with Crippen LogP contribution in [0.1, 0.15) is 22.6 Å². The predicted octanol–water partition coefficient (Wildman–Crippen LogP) is 2.96. The maximum absolute atomic E-state index is 12.9. The first kappa shape index (κ1) is 32.1. The van der Waals surface area contributed by atoms with Crippen LogP contribution in [0.5, 0.6) is 0 Å². The molecule has 3 rings (SSSR count). The van der Waals surface area contributed by atoms with Gasteiger partial charge in [0.15, 0.2) is 0 Å². The van der Waals surface area contributed by atoms with Crippen molar-refractivity contribution < 1.29 is 50.9 Å². The van der Waals surface area contributed by atoms with E-state index in [-0.39, 0.29) is 12.5 Å². The number of nitrogens with zero attached hydrogens (tertiary/aromatic N) is 4. The molecule has 1 aromatic rings. The fourth-order valence-corrected chi connectivity index (χ4v) is 4.68. The molecular weight excluding hydrogens is 534 g/mol. The van der Waals surface area contributed by atoms with Crippen LogP contribution in [-0.2, 0) is 20.9 Å². The number of piperazine rings is 1. The minimum Gasteiger partial charge on any atom is -0.475 e. The van der Waals surface area contributed by atoms with E-state index in [9.17, 15) is 31.1 Å². The van der Waals surface area contributed by atoms with Gasteiger partial charge in [0, 0.05) is 42.5 Å². The van der Waals surface area contributed by atoms with E-state index in [1.807, 2.05) is 11.3 Å². The van der Waals surface area contributed by atoms with Gasteiger partial charge in [-0.05, 0) is 38.9 Å². The number of aryl methyl sites for hydroxylation is 1. The summed E-state index contributed by atoms with van der Waals surface area (Å²) in [6.45, 7) is 6.74. The van der Waals surface area contributed by atoms with Gasteiger partial charge < -0.3 is 15.1 Å². The van der Waals surface area contributed by atoms with E-state index in [1.54, 1.807) is 4.90 Å². The lowest BCUT2D eigenvalue weighted by Gasteiger charge is -2.51. The molecule has 1 amide bonds. The van der Waals surface area contributed by atoms with Gasteiger partial charge in [0.05, 0.1) is 6.07 Å². The van der Waals surface area contributed by atoms with Crippen molar-refractivity contribution in [3.63, 3.8) is 0 Å². The number of likely N-dealkylation sites (tertiary alicyclic amines) is 1. The Morgan fingerprint density at radius 2 is 1.51 bits per heavy atom. The maximum atomic E-state index is 12.9. The van der Waals surface area contributed by atoms with Crippen molar-refractivity contribution in [2.75, 3.05) is 39.8 Å². The van der Waals surface area contributed by atoms with Crippen molar-refractivity contribution >= 4 is 29.2 Å². The number of rotatable bonds is 3. The zero-order chi connectivity index (χ0) is 28.6. The number of hydrogen-bond acceptors (Lipinski definition) is 7. The van der Waals surface area contributed by atoms with Gasteiger partial charge in [0.25, 0.3) is 0 Å². The maximum Gasteiger partial charge on any atom is 0.490 e. The molecule has 16 heteroatoms. The predicted molar refractivity (Wildman–Crippen MR) is 119 cm³/mol. The van der Waals surface area contributed by atoms with Gasteiger partial charge in [-0.3, -0.25) is 14.6 Å². The minimum atomic E-state index is -5.08. The molecule has 2 aliphatic rings. The number of carboxylic acids is 2. The number of hydrogen-bond donors (Lipinski definition) is 2. The van der Waals surface area contributed by atoms with Crippen molar-refractivity contribution in [2.24, 2.45) is 0 Å². The summed E-state index contributed by atoms with van der Waals surface area (Å²) in [5.41, 5.74) is -0.392. The smallest absolute Gasteiger partial charge is 0.475 e. The molecule has 2 N–H and O–H groups in total. The molecule has 0 radical (unpaired) electrons. The van der Waals surface area contributed by atoms with Crippen molar-refractivity contribution in [2.45, 2.75) is 44.2 Å². The van der Waals surface area contributed by atoms with E-state index in [2.05, 4.69) is 42.0 Å². The molecule has 0 aliphatic carbocycles. The van der Waals surface area contributed by atoms with Crippen LogP contribution in [0.4, 0.5) is 26.3 Å². The Bertz CT molecular complexity index is 959. The van der Waals surface area contributed by atoms with Crippen molar-refractivity contribution in [3.05, 3.63) is 21.9 Å². The number of aliphatic carboxylic acids is 2. The molecule has 3 heterocycles. The zero-order valence-corrected chi connectivity index (χ0v) is 20.7. The number of amides is 1. The summed E-state index contributed by atoms with van der Waals surface area (Å²) < 4.78 is 63.5. The van der Waals surface area contributed by atoms with Gasteiger partial charge in [-0.1, -0.05) is 0 Å². The zero-order valence-electron chi connectivity index (χ0n) is 19.9. The lowest BCUT2D eigenvalue weighted by Crippen LogP contribution is -2.67. The molecule has 0 aromatic carbocycles. The Morgan fingerprint density at radius 1 is 1.03 bits per heavy atom. The Kier molecular flexibility index (Phi) is 11.3. The third-order valence-electron chi connectivity index (χ3n) is 5.73. The Labute approximate surface area is 212 Å². The number of halogens is 6. The first-order chi connectivity index (χ1) is 16.9. The fourth-order valence-electron chi connectivity index (χ4n) is 3.75. The number of thiophene rings is 1. The molecule has 0 unspecified atom stereocenters. The molecule has 9 nitrogen and oxygen atoms in total. The Balaban J connectivity index is 0.000000404. The molecule has 0 bridgehead atoms. The molecule has 2 fully saturated rings. The summed E-state index contributed by atoms with van der Waals surface area (Å²) in [5, 5.41) is 23.2. The van der Waals surface area contributed by atoms with Gasteiger partial charge in [0.1, 0.15) is 12.1 Å². The molecule has 2 saturated heterocycles. The van der Waals surface area contributed by atoms with Crippen molar-refractivity contribution in [3.8, 4) is 6.07 Å². The van der Waals surface area contributed by atoms with Gasteiger partial charge >= 0.3 is 24.3 Å². The highest BCUT2D eigenvalue weighted by Crippen LogP contribution is 2.33. The summed E-state index contributed by atoms with van der Waals surface area (Å²) >= 11 is 1.85. The Morgan fingerprint density at radius 3 is 1.89 bits per heavy atom. The number of nitriles is 1. The summed E-state index contributed by atoms with van der Waals surface area (Å²) in [4.78, 5) is 39.8. The SMILES string of the molecule is Cc1ccc(CN2CCC3(CC2)C(=O)N(CC#N)CCN3C)s1.O=C(O)C(F)(F)F.O=C(O)C(F)(F)F. The topological polar surface area (TPSA) is 125 Å². The molecule has 37 heavy (non-hydrogen) atoms. The summed E-state index contributed by atoms with van der Waals surface area (Å²) in [5.74, 6) is -5.36. The number of alkyl halides is 6. The summed E-state index contributed by atoms with van der Waals surface area (Å²) in [6.07, 6.45) is -8.46. The van der Waals surface area contributed by atoms with Gasteiger partial charge in [-0.15, -0.1) is 11.3 Å². The molecule has 0 saturated carbocycles. The highest BCUT2D eigenvalue weighted by Gasteiger charge is 2.49. The summed E-state index contributed by atoms with van der Waals surface area (Å²) in [6, 6.07) is 6.50. The quantitative estimate of drug-likeness (QED) is 0.427. The molecule has 1 spiro atoms. The van der Waals surface area contributed by atoms with Crippen molar-refractivity contribution in [1.82, 2.24) is 14.7 Å². The standard InChI is InChI=1S/C17H24N4OS.2C2HF3O2/c1-14-3-4-15(23-14)13-20-8-5-17(6-9-20)16(22)21(10-7-18)12-11-19(17)2;2*3-2(4,5)1(6)7/h3-4H,5-6,8-13H2,1-2H3;2*(H,6,7). The monoisotopic (exact) mass is 560 g/mol. The molecular formula is C21H26F6N4O5S. The summed E-state index contributed by atoms with van der Waals surface area (Å²) in [7, 11) is 2.06. The normalized spacial score (nSPS) is 18.2. The first-order valence-corrected chi connectivity index (χ1v) is 11.5. The highest BCUT2D eigenvalue weighted by atomic mass is 32.1. The van der Waals surface area contributed by atoms with Crippen LogP contribution in [0, 0.1) is 18.3 Å². The number of likely N-dealkylation sites (N-methyl/N-ethyl adjacent to an activating group) is 1. The van der Waals surface area contributed by atoms with E-state index in [1.165, 1.54) is 9.75 Å². The second kappa shape index (κ2) is 13.1. The third kappa shape index (κ3) is 9.48. The molecule has 0 atom stereocenters. The number of carbonyl (C=O) groups is 3. The molecule has 1 aromatic heterocycles. The number of piperidine rings is 1. The number of carbonyl (C=O) groups excluding carboxylic acids is 1.